The molecule has 0 amide bonds. The first-order chi connectivity index (χ1) is 10.2. The lowest BCUT2D eigenvalue weighted by molar-refractivity contribution is -0.145. The third-order valence-corrected chi connectivity index (χ3v) is 8.35. The Hall–Kier alpha value is -0.433. The number of hydrogen-bond donors (Lipinski definition) is 0. The third kappa shape index (κ3) is 10.3. The van der Waals surface area contributed by atoms with Gasteiger partial charge in [0.05, 0.1) is 33.0 Å². The topological polar surface area (TPSA) is 54.0 Å². The lowest BCUT2D eigenvalue weighted by atomic mass is 10.2. The first-order valence-corrected chi connectivity index (χ1v) is 11.1. The van der Waals surface area contributed by atoms with Crippen LogP contribution in [0.5, 0.6) is 0 Å². The van der Waals surface area contributed by atoms with Crippen LogP contribution < -0.4 is 0 Å². The van der Waals surface area contributed by atoms with Gasteiger partial charge in [-0.15, -0.1) is 0 Å². The molecule has 132 valence electrons. The molecule has 0 aliphatic carbocycles. The molecule has 22 heavy (non-hydrogen) atoms. The van der Waals surface area contributed by atoms with Crippen LogP contribution in [-0.4, -0.2) is 53.9 Å². The fourth-order valence-electron chi connectivity index (χ4n) is 1.38. The van der Waals surface area contributed by atoms with Crippen molar-refractivity contribution in [1.29, 1.82) is 0 Å². The maximum Gasteiger partial charge on any atom is 0.305 e. The molecular formula is C16H34O5Si. The molecule has 0 saturated carbocycles. The van der Waals surface area contributed by atoms with Crippen molar-refractivity contribution in [3.63, 3.8) is 0 Å². The van der Waals surface area contributed by atoms with E-state index in [0.717, 1.165) is 6.42 Å². The quantitative estimate of drug-likeness (QED) is 0.311. The summed E-state index contributed by atoms with van der Waals surface area (Å²) in [6.45, 7) is 16.1. The normalized spacial score (nSPS) is 12.5. The minimum atomic E-state index is -1.67. The van der Waals surface area contributed by atoms with E-state index in [1.807, 2.05) is 6.92 Å². The van der Waals surface area contributed by atoms with Crippen LogP contribution in [0.4, 0.5) is 0 Å². The average Bonchev–Trinajstić information content (AvgIpc) is 2.39. The lowest BCUT2D eigenvalue weighted by Crippen LogP contribution is -2.41. The second kappa shape index (κ2) is 11.2. The molecular weight excluding hydrogens is 300 g/mol. The third-order valence-electron chi connectivity index (χ3n) is 3.81. The minimum absolute atomic E-state index is 0.162. The van der Waals surface area contributed by atoms with Gasteiger partial charge >= 0.3 is 5.97 Å². The highest BCUT2D eigenvalue weighted by Gasteiger charge is 2.36. The Morgan fingerprint density at radius 1 is 0.909 bits per heavy atom. The van der Waals surface area contributed by atoms with Crippen LogP contribution in [0.3, 0.4) is 0 Å². The number of esters is 1. The molecule has 0 bridgehead atoms. The molecule has 0 unspecified atom stereocenters. The first-order valence-electron chi connectivity index (χ1n) is 8.16. The fraction of sp³-hybridized carbons (Fsp3) is 0.938. The molecule has 0 saturated heterocycles. The summed E-state index contributed by atoms with van der Waals surface area (Å²) in [6.07, 6.45) is 1.28. The Kier molecular flexibility index (Phi) is 10.9. The van der Waals surface area contributed by atoms with Gasteiger partial charge in [-0.3, -0.25) is 4.79 Å². The van der Waals surface area contributed by atoms with E-state index in [9.17, 15) is 4.79 Å². The van der Waals surface area contributed by atoms with Crippen LogP contribution in [0.1, 0.15) is 40.5 Å². The molecule has 0 fully saturated rings. The Labute approximate surface area is 136 Å². The summed E-state index contributed by atoms with van der Waals surface area (Å²) in [5.74, 6) is -0.162. The smallest absolute Gasteiger partial charge is 0.305 e. The van der Waals surface area contributed by atoms with Gasteiger partial charge < -0.3 is 18.6 Å². The number of hydrogen-bond acceptors (Lipinski definition) is 5. The van der Waals surface area contributed by atoms with E-state index in [2.05, 4.69) is 33.9 Å². The molecule has 6 heteroatoms. The van der Waals surface area contributed by atoms with E-state index in [-0.39, 0.29) is 11.0 Å². The number of ether oxygens (including phenoxy) is 3. The summed E-state index contributed by atoms with van der Waals surface area (Å²) in [7, 11) is -1.67. The van der Waals surface area contributed by atoms with Gasteiger partial charge in [-0.2, -0.15) is 0 Å². The van der Waals surface area contributed by atoms with E-state index in [4.69, 9.17) is 18.6 Å². The number of carbonyl (C=O) groups excluding carboxylic acids is 1. The highest BCUT2D eigenvalue weighted by atomic mass is 28.4. The molecule has 0 aliphatic rings. The van der Waals surface area contributed by atoms with Crippen LogP contribution in [0, 0.1) is 0 Å². The average molecular weight is 335 g/mol. The molecule has 0 aromatic carbocycles. The SMILES string of the molecule is CCCC(=O)OCCOCCOCCO[Si](C)(C)C(C)(C)C. The Morgan fingerprint density at radius 3 is 1.91 bits per heavy atom. The molecule has 0 rings (SSSR count). The largest absolute Gasteiger partial charge is 0.463 e. The van der Waals surface area contributed by atoms with Gasteiger partial charge in [0.1, 0.15) is 6.61 Å². The van der Waals surface area contributed by atoms with Crippen molar-refractivity contribution in [3.8, 4) is 0 Å². The summed E-state index contributed by atoms with van der Waals surface area (Å²) in [5.41, 5.74) is 0. The van der Waals surface area contributed by atoms with Gasteiger partial charge in [0, 0.05) is 6.42 Å². The van der Waals surface area contributed by atoms with Crippen molar-refractivity contribution in [2.45, 2.75) is 58.7 Å². The van der Waals surface area contributed by atoms with E-state index in [0.29, 0.717) is 46.1 Å². The first kappa shape index (κ1) is 21.6. The maximum absolute atomic E-state index is 11.1. The summed E-state index contributed by atoms with van der Waals surface area (Å²) in [4.78, 5) is 11.1. The number of rotatable bonds is 12. The highest BCUT2D eigenvalue weighted by Crippen LogP contribution is 2.36. The van der Waals surface area contributed by atoms with Crippen molar-refractivity contribution in [2.24, 2.45) is 0 Å². The monoisotopic (exact) mass is 334 g/mol. The Morgan fingerprint density at radius 2 is 1.41 bits per heavy atom. The molecule has 0 atom stereocenters. The second-order valence-corrected chi connectivity index (χ2v) is 11.6. The molecule has 0 aromatic heterocycles. The van der Waals surface area contributed by atoms with Gasteiger partial charge in [0.25, 0.3) is 0 Å². The van der Waals surface area contributed by atoms with Crippen LogP contribution in [0.2, 0.25) is 18.1 Å². The standard InChI is InChI=1S/C16H34O5Si/c1-7-8-15(17)20-13-11-18-9-10-19-12-14-21-22(5,6)16(2,3)4/h7-14H2,1-6H3. The van der Waals surface area contributed by atoms with Crippen molar-refractivity contribution < 1.29 is 23.4 Å². The van der Waals surface area contributed by atoms with E-state index >= 15 is 0 Å². The second-order valence-electron chi connectivity index (χ2n) is 6.80. The maximum atomic E-state index is 11.1. The predicted octanol–water partition coefficient (Wildman–Crippen LogP) is 3.38. The van der Waals surface area contributed by atoms with Crippen molar-refractivity contribution >= 4 is 14.3 Å². The van der Waals surface area contributed by atoms with Gasteiger partial charge in [0.2, 0.25) is 0 Å². The summed E-state index contributed by atoms with van der Waals surface area (Å²) in [6, 6.07) is 0. The summed E-state index contributed by atoms with van der Waals surface area (Å²) >= 11 is 0. The van der Waals surface area contributed by atoms with Crippen molar-refractivity contribution in [1.82, 2.24) is 0 Å². The van der Waals surface area contributed by atoms with Gasteiger partial charge in [-0.25, -0.2) is 0 Å². The molecule has 0 radical (unpaired) electrons. The van der Waals surface area contributed by atoms with Crippen molar-refractivity contribution in [3.05, 3.63) is 0 Å². The highest BCUT2D eigenvalue weighted by molar-refractivity contribution is 6.74. The summed E-state index contributed by atoms with van der Waals surface area (Å²) < 4.78 is 21.8. The molecule has 0 spiro atoms. The van der Waals surface area contributed by atoms with Crippen LogP contribution >= 0.6 is 0 Å². The van der Waals surface area contributed by atoms with Crippen LogP contribution in [-0.2, 0) is 23.4 Å². The molecule has 0 aliphatic heterocycles. The fourth-order valence-corrected chi connectivity index (χ4v) is 2.41. The van der Waals surface area contributed by atoms with E-state index < -0.39 is 8.32 Å². The molecule has 0 heterocycles. The van der Waals surface area contributed by atoms with Gasteiger partial charge in [-0.05, 0) is 24.6 Å². The van der Waals surface area contributed by atoms with Gasteiger partial charge in [0.15, 0.2) is 8.32 Å². The molecule has 0 aromatic rings. The zero-order valence-corrected chi connectivity index (χ0v) is 16.2. The van der Waals surface area contributed by atoms with E-state index in [1.165, 1.54) is 0 Å². The lowest BCUT2D eigenvalue weighted by Gasteiger charge is -2.36. The zero-order chi connectivity index (χ0) is 17.1. The van der Waals surface area contributed by atoms with Crippen LogP contribution in [0.15, 0.2) is 0 Å². The van der Waals surface area contributed by atoms with E-state index in [1.54, 1.807) is 0 Å². The zero-order valence-electron chi connectivity index (χ0n) is 15.2. The Bertz CT molecular complexity index is 299. The molecule has 0 N–H and O–H groups in total. The van der Waals surface area contributed by atoms with Gasteiger partial charge in [-0.1, -0.05) is 27.7 Å². The van der Waals surface area contributed by atoms with Crippen LogP contribution in [0.25, 0.3) is 0 Å². The minimum Gasteiger partial charge on any atom is -0.463 e. The predicted molar refractivity (Wildman–Crippen MR) is 90.7 cm³/mol. The number of carbonyl (C=O) groups is 1. The Balaban J connectivity index is 3.40. The summed E-state index contributed by atoms with van der Waals surface area (Å²) in [5, 5.41) is 0.228. The van der Waals surface area contributed by atoms with Crippen molar-refractivity contribution in [2.75, 3.05) is 39.6 Å². The molecule has 5 nitrogen and oxygen atoms in total.